The van der Waals surface area contributed by atoms with E-state index in [1.807, 2.05) is 18.2 Å². The first-order chi connectivity index (χ1) is 7.68. The number of pyridine rings is 1. The monoisotopic (exact) mass is 252 g/mol. The van der Waals surface area contributed by atoms with Crippen molar-refractivity contribution >= 4 is 23.2 Å². The van der Waals surface area contributed by atoms with Gasteiger partial charge in [-0.2, -0.15) is 0 Å². The van der Waals surface area contributed by atoms with Crippen LogP contribution in [0.1, 0.15) is 17.3 Å². The van der Waals surface area contributed by atoms with E-state index in [9.17, 15) is 0 Å². The second kappa shape index (κ2) is 4.83. The number of hydrogen-bond donors (Lipinski definition) is 1. The van der Waals surface area contributed by atoms with Gasteiger partial charge in [0, 0.05) is 16.2 Å². The molecule has 4 heteroatoms. The lowest BCUT2D eigenvalue weighted by atomic mass is 10.0. The predicted octanol–water partition coefficient (Wildman–Crippen LogP) is 3.44. The Bertz CT molecular complexity index is 486. The van der Waals surface area contributed by atoms with Crippen LogP contribution < -0.4 is 5.73 Å². The molecule has 0 aliphatic carbocycles. The lowest BCUT2D eigenvalue weighted by Crippen LogP contribution is -2.13. The molecule has 2 N–H and O–H groups in total. The highest BCUT2D eigenvalue weighted by Gasteiger charge is 2.13. The molecule has 2 aromatic rings. The highest BCUT2D eigenvalue weighted by Crippen LogP contribution is 2.27. The molecule has 0 saturated heterocycles. The molecule has 1 atom stereocenters. The van der Waals surface area contributed by atoms with Gasteiger partial charge >= 0.3 is 0 Å². The number of nitrogens with zero attached hydrogens (tertiary/aromatic N) is 1. The molecule has 0 spiro atoms. The van der Waals surface area contributed by atoms with Gasteiger partial charge in [0.05, 0.1) is 11.7 Å². The Kier molecular flexibility index (Phi) is 3.44. The first kappa shape index (κ1) is 11.4. The summed E-state index contributed by atoms with van der Waals surface area (Å²) in [5.74, 6) is 0. The maximum absolute atomic E-state index is 6.08. The average molecular weight is 253 g/mol. The summed E-state index contributed by atoms with van der Waals surface area (Å²) in [5.41, 5.74) is 7.64. The van der Waals surface area contributed by atoms with E-state index in [0.717, 1.165) is 11.3 Å². The summed E-state index contributed by atoms with van der Waals surface area (Å²) in [6.45, 7) is 0. The second-order valence-electron chi connectivity index (χ2n) is 3.40. The van der Waals surface area contributed by atoms with Crippen LogP contribution in [0.5, 0.6) is 0 Å². The van der Waals surface area contributed by atoms with E-state index in [1.54, 1.807) is 24.4 Å². The quantitative estimate of drug-likeness (QED) is 0.890. The summed E-state index contributed by atoms with van der Waals surface area (Å²) < 4.78 is 0. The van der Waals surface area contributed by atoms with Crippen LogP contribution in [0.2, 0.25) is 10.0 Å². The SMILES string of the molecule is NC(c1ccccn1)c1cc(Cl)ccc1Cl. The van der Waals surface area contributed by atoms with Gasteiger partial charge in [0.25, 0.3) is 0 Å². The summed E-state index contributed by atoms with van der Waals surface area (Å²) in [7, 11) is 0. The lowest BCUT2D eigenvalue weighted by Gasteiger charge is -2.13. The van der Waals surface area contributed by atoms with Gasteiger partial charge in [0.15, 0.2) is 0 Å². The molecule has 0 fully saturated rings. The van der Waals surface area contributed by atoms with Gasteiger partial charge in [-0.05, 0) is 35.9 Å². The van der Waals surface area contributed by atoms with Crippen LogP contribution in [0.25, 0.3) is 0 Å². The van der Waals surface area contributed by atoms with E-state index >= 15 is 0 Å². The minimum atomic E-state index is -0.354. The van der Waals surface area contributed by atoms with Crippen LogP contribution in [-0.4, -0.2) is 4.98 Å². The van der Waals surface area contributed by atoms with Gasteiger partial charge in [0.2, 0.25) is 0 Å². The molecule has 16 heavy (non-hydrogen) atoms. The maximum atomic E-state index is 6.08. The second-order valence-corrected chi connectivity index (χ2v) is 4.24. The Morgan fingerprint density at radius 3 is 2.62 bits per heavy atom. The number of hydrogen-bond acceptors (Lipinski definition) is 2. The van der Waals surface area contributed by atoms with Crippen molar-refractivity contribution in [3.63, 3.8) is 0 Å². The number of halogens is 2. The number of nitrogens with two attached hydrogens (primary N) is 1. The largest absolute Gasteiger partial charge is 0.319 e. The van der Waals surface area contributed by atoms with Crippen molar-refractivity contribution in [3.05, 3.63) is 63.9 Å². The van der Waals surface area contributed by atoms with Crippen molar-refractivity contribution in [3.8, 4) is 0 Å². The fourth-order valence-electron chi connectivity index (χ4n) is 1.47. The minimum Gasteiger partial charge on any atom is -0.319 e. The van der Waals surface area contributed by atoms with Gasteiger partial charge in [0.1, 0.15) is 0 Å². The molecule has 2 nitrogen and oxygen atoms in total. The minimum absolute atomic E-state index is 0.354. The summed E-state index contributed by atoms with van der Waals surface area (Å²) in [5, 5.41) is 1.22. The summed E-state index contributed by atoms with van der Waals surface area (Å²) in [4.78, 5) is 4.20. The zero-order valence-corrected chi connectivity index (χ0v) is 9.91. The summed E-state index contributed by atoms with van der Waals surface area (Å²) >= 11 is 12.0. The first-order valence-corrected chi connectivity index (χ1v) is 5.55. The molecule has 2 rings (SSSR count). The van der Waals surface area contributed by atoms with Gasteiger partial charge in [-0.1, -0.05) is 29.3 Å². The summed E-state index contributed by atoms with van der Waals surface area (Å²) in [6.07, 6.45) is 1.70. The molecule has 1 heterocycles. The Morgan fingerprint density at radius 1 is 1.12 bits per heavy atom. The van der Waals surface area contributed by atoms with Crippen LogP contribution in [0.3, 0.4) is 0 Å². The van der Waals surface area contributed by atoms with E-state index in [4.69, 9.17) is 28.9 Å². The third-order valence-electron chi connectivity index (χ3n) is 2.30. The van der Waals surface area contributed by atoms with Crippen molar-refractivity contribution in [2.45, 2.75) is 6.04 Å². The van der Waals surface area contributed by atoms with Crippen LogP contribution in [0, 0.1) is 0 Å². The maximum Gasteiger partial charge on any atom is 0.0741 e. The van der Waals surface area contributed by atoms with Crippen molar-refractivity contribution < 1.29 is 0 Å². The zero-order chi connectivity index (χ0) is 11.5. The fourth-order valence-corrected chi connectivity index (χ4v) is 1.89. The van der Waals surface area contributed by atoms with Crippen molar-refractivity contribution in [2.75, 3.05) is 0 Å². The lowest BCUT2D eigenvalue weighted by molar-refractivity contribution is 0.829. The van der Waals surface area contributed by atoms with E-state index in [0.29, 0.717) is 10.0 Å². The fraction of sp³-hybridized carbons (Fsp3) is 0.0833. The molecular formula is C12H10Cl2N2. The Hall–Kier alpha value is -1.09. The Morgan fingerprint density at radius 2 is 1.94 bits per heavy atom. The highest BCUT2D eigenvalue weighted by molar-refractivity contribution is 6.33. The van der Waals surface area contributed by atoms with Crippen molar-refractivity contribution in [2.24, 2.45) is 5.73 Å². The van der Waals surface area contributed by atoms with Crippen LogP contribution in [-0.2, 0) is 0 Å². The standard InChI is InChI=1S/C12H10Cl2N2/c13-8-4-5-10(14)9(7-8)12(15)11-3-1-2-6-16-11/h1-7,12H,15H2. The van der Waals surface area contributed by atoms with Gasteiger partial charge in [-0.3, -0.25) is 4.98 Å². The molecule has 0 aliphatic rings. The first-order valence-electron chi connectivity index (χ1n) is 4.80. The molecule has 0 saturated carbocycles. The smallest absolute Gasteiger partial charge is 0.0741 e. The number of rotatable bonds is 2. The molecule has 1 aromatic heterocycles. The molecule has 1 aromatic carbocycles. The molecule has 0 radical (unpaired) electrons. The highest BCUT2D eigenvalue weighted by atomic mass is 35.5. The summed E-state index contributed by atoms with van der Waals surface area (Å²) in [6, 6.07) is 10.5. The predicted molar refractivity (Wildman–Crippen MR) is 66.7 cm³/mol. The zero-order valence-electron chi connectivity index (χ0n) is 8.40. The van der Waals surface area contributed by atoms with E-state index < -0.39 is 0 Å². The number of benzene rings is 1. The normalized spacial score (nSPS) is 12.4. The van der Waals surface area contributed by atoms with E-state index in [-0.39, 0.29) is 6.04 Å². The molecule has 82 valence electrons. The van der Waals surface area contributed by atoms with Gasteiger partial charge in [-0.15, -0.1) is 0 Å². The van der Waals surface area contributed by atoms with Crippen LogP contribution >= 0.6 is 23.2 Å². The molecule has 0 bridgehead atoms. The van der Waals surface area contributed by atoms with Crippen molar-refractivity contribution in [1.82, 2.24) is 4.98 Å². The van der Waals surface area contributed by atoms with Gasteiger partial charge in [-0.25, -0.2) is 0 Å². The Labute approximate surface area is 104 Å². The van der Waals surface area contributed by atoms with Gasteiger partial charge < -0.3 is 5.73 Å². The molecule has 1 unspecified atom stereocenters. The molecule has 0 aliphatic heterocycles. The topological polar surface area (TPSA) is 38.9 Å². The average Bonchev–Trinajstić information content (AvgIpc) is 2.32. The van der Waals surface area contributed by atoms with E-state index in [2.05, 4.69) is 4.98 Å². The van der Waals surface area contributed by atoms with E-state index in [1.165, 1.54) is 0 Å². The third kappa shape index (κ3) is 2.35. The Balaban J connectivity index is 2.41. The third-order valence-corrected chi connectivity index (χ3v) is 2.88. The molecular weight excluding hydrogens is 243 g/mol. The van der Waals surface area contributed by atoms with Crippen molar-refractivity contribution in [1.29, 1.82) is 0 Å². The van der Waals surface area contributed by atoms with Crippen LogP contribution in [0.4, 0.5) is 0 Å². The van der Waals surface area contributed by atoms with Crippen LogP contribution in [0.15, 0.2) is 42.6 Å². The number of aromatic nitrogens is 1. The molecule has 0 amide bonds.